The molecule has 0 saturated heterocycles. The summed E-state index contributed by atoms with van der Waals surface area (Å²) in [5.41, 5.74) is 5.34. The van der Waals surface area contributed by atoms with Gasteiger partial charge in [0, 0.05) is 21.5 Å². The Labute approximate surface area is 150 Å². The van der Waals surface area contributed by atoms with E-state index in [-0.39, 0.29) is 6.61 Å². The van der Waals surface area contributed by atoms with Gasteiger partial charge in [-0.25, -0.2) is 0 Å². The molecule has 0 radical (unpaired) electrons. The zero-order valence-electron chi connectivity index (χ0n) is 13.8. The Bertz CT molecular complexity index is 820. The van der Waals surface area contributed by atoms with E-state index < -0.39 is 0 Å². The number of halogens is 1. The van der Waals surface area contributed by atoms with Crippen molar-refractivity contribution in [3.8, 4) is 11.4 Å². The van der Waals surface area contributed by atoms with Crippen molar-refractivity contribution in [3.63, 3.8) is 0 Å². The molecule has 24 heavy (non-hydrogen) atoms. The van der Waals surface area contributed by atoms with Gasteiger partial charge >= 0.3 is 0 Å². The summed E-state index contributed by atoms with van der Waals surface area (Å²) < 4.78 is 9.05. The summed E-state index contributed by atoms with van der Waals surface area (Å²) in [6, 6.07) is 18.2. The second-order valence-electron chi connectivity index (χ2n) is 5.80. The number of aromatic nitrogens is 1. The van der Waals surface area contributed by atoms with Crippen molar-refractivity contribution in [2.45, 2.75) is 27.1 Å². The molecule has 4 heteroatoms. The van der Waals surface area contributed by atoms with Crippen LogP contribution < -0.4 is 4.74 Å². The first-order valence-electron chi connectivity index (χ1n) is 7.85. The van der Waals surface area contributed by atoms with E-state index in [1.54, 1.807) is 0 Å². The molecule has 3 aromatic rings. The summed E-state index contributed by atoms with van der Waals surface area (Å²) in [6.07, 6.45) is 0. The molecule has 0 fully saturated rings. The van der Waals surface area contributed by atoms with Crippen LogP contribution in [0.3, 0.4) is 0 Å². The molecule has 1 aromatic heterocycles. The van der Waals surface area contributed by atoms with Crippen molar-refractivity contribution in [1.82, 2.24) is 4.57 Å². The number of ether oxygens (including phenoxy) is 1. The first kappa shape index (κ1) is 16.8. The van der Waals surface area contributed by atoms with E-state index in [1.165, 1.54) is 0 Å². The average Bonchev–Trinajstić information content (AvgIpc) is 2.89. The molecule has 0 unspecified atom stereocenters. The van der Waals surface area contributed by atoms with Crippen molar-refractivity contribution < 1.29 is 9.84 Å². The van der Waals surface area contributed by atoms with Crippen LogP contribution in [0.2, 0.25) is 0 Å². The van der Waals surface area contributed by atoms with Crippen LogP contribution in [-0.2, 0) is 13.2 Å². The van der Waals surface area contributed by atoms with Crippen LogP contribution in [0.1, 0.15) is 22.5 Å². The Morgan fingerprint density at radius 2 is 1.67 bits per heavy atom. The monoisotopic (exact) mass is 385 g/mol. The normalized spacial score (nSPS) is 10.8. The smallest absolute Gasteiger partial charge is 0.119 e. The maximum absolute atomic E-state index is 9.41. The van der Waals surface area contributed by atoms with Crippen molar-refractivity contribution >= 4 is 15.9 Å². The summed E-state index contributed by atoms with van der Waals surface area (Å²) in [4.78, 5) is 0. The zero-order valence-corrected chi connectivity index (χ0v) is 15.4. The van der Waals surface area contributed by atoms with Crippen molar-refractivity contribution in [2.24, 2.45) is 0 Å². The largest absolute Gasteiger partial charge is 0.489 e. The van der Waals surface area contributed by atoms with Gasteiger partial charge in [-0.15, -0.1) is 0 Å². The van der Waals surface area contributed by atoms with Crippen LogP contribution in [0.5, 0.6) is 5.75 Å². The standard InChI is InChI=1S/C20H20BrNO2/c1-14-11-17(12-23)15(2)22(14)19-7-9-20(10-8-19)24-13-16-3-5-18(21)6-4-16/h3-11,23H,12-13H2,1-2H3. The third-order valence-corrected chi connectivity index (χ3v) is 4.65. The molecule has 3 rings (SSSR count). The van der Waals surface area contributed by atoms with Crippen molar-refractivity contribution in [2.75, 3.05) is 0 Å². The summed E-state index contributed by atoms with van der Waals surface area (Å²) in [6.45, 7) is 4.68. The van der Waals surface area contributed by atoms with Gasteiger partial charge in [0.25, 0.3) is 0 Å². The summed E-state index contributed by atoms with van der Waals surface area (Å²) in [5.74, 6) is 0.839. The maximum Gasteiger partial charge on any atom is 0.119 e. The van der Waals surface area contributed by atoms with E-state index in [1.807, 2.05) is 68.4 Å². The fraction of sp³-hybridized carbons (Fsp3) is 0.200. The lowest BCUT2D eigenvalue weighted by Crippen LogP contribution is -2.00. The van der Waals surface area contributed by atoms with Crippen LogP contribution in [0.4, 0.5) is 0 Å². The van der Waals surface area contributed by atoms with Crippen LogP contribution in [-0.4, -0.2) is 9.67 Å². The van der Waals surface area contributed by atoms with Gasteiger partial charge in [0.05, 0.1) is 6.61 Å². The molecule has 0 aliphatic heterocycles. The van der Waals surface area contributed by atoms with E-state index in [0.717, 1.165) is 38.4 Å². The molecular weight excluding hydrogens is 366 g/mol. The van der Waals surface area contributed by atoms with Gasteiger partial charge in [-0.3, -0.25) is 0 Å². The SMILES string of the molecule is Cc1cc(CO)c(C)n1-c1ccc(OCc2ccc(Br)cc2)cc1. The summed E-state index contributed by atoms with van der Waals surface area (Å²) >= 11 is 3.43. The number of aryl methyl sites for hydroxylation is 1. The molecule has 0 atom stereocenters. The highest BCUT2D eigenvalue weighted by atomic mass is 79.9. The number of aliphatic hydroxyl groups is 1. The molecular formula is C20H20BrNO2. The minimum Gasteiger partial charge on any atom is -0.489 e. The van der Waals surface area contributed by atoms with Gasteiger partial charge in [-0.1, -0.05) is 28.1 Å². The third kappa shape index (κ3) is 3.55. The molecule has 0 aliphatic carbocycles. The van der Waals surface area contributed by atoms with Gasteiger partial charge in [0.1, 0.15) is 12.4 Å². The highest BCUT2D eigenvalue weighted by Crippen LogP contribution is 2.23. The summed E-state index contributed by atoms with van der Waals surface area (Å²) in [7, 11) is 0. The van der Waals surface area contributed by atoms with Crippen LogP contribution >= 0.6 is 15.9 Å². The Morgan fingerprint density at radius 3 is 2.25 bits per heavy atom. The fourth-order valence-corrected chi connectivity index (χ4v) is 3.09. The van der Waals surface area contributed by atoms with E-state index in [4.69, 9.17) is 4.74 Å². The van der Waals surface area contributed by atoms with Gasteiger partial charge in [0.15, 0.2) is 0 Å². The molecule has 1 heterocycles. The molecule has 124 valence electrons. The van der Waals surface area contributed by atoms with Gasteiger partial charge < -0.3 is 14.4 Å². The number of nitrogens with zero attached hydrogens (tertiary/aromatic N) is 1. The molecule has 1 N–H and O–H groups in total. The Kier molecular flexibility index (Phi) is 5.07. The Morgan fingerprint density at radius 1 is 1.00 bits per heavy atom. The lowest BCUT2D eigenvalue weighted by atomic mass is 10.2. The average molecular weight is 386 g/mol. The third-order valence-electron chi connectivity index (χ3n) is 4.12. The van der Waals surface area contributed by atoms with Gasteiger partial charge in [-0.05, 0) is 67.4 Å². The number of benzene rings is 2. The maximum atomic E-state index is 9.41. The number of rotatable bonds is 5. The van der Waals surface area contributed by atoms with E-state index in [0.29, 0.717) is 6.61 Å². The molecule has 0 bridgehead atoms. The lowest BCUT2D eigenvalue weighted by Gasteiger charge is -2.12. The quantitative estimate of drug-likeness (QED) is 0.675. The molecule has 0 amide bonds. The van der Waals surface area contributed by atoms with Gasteiger partial charge in [0.2, 0.25) is 0 Å². The minimum atomic E-state index is 0.0635. The number of aliphatic hydroxyl groups excluding tert-OH is 1. The summed E-state index contributed by atoms with van der Waals surface area (Å²) in [5, 5.41) is 9.41. The second kappa shape index (κ2) is 7.24. The first-order chi connectivity index (χ1) is 11.6. The first-order valence-corrected chi connectivity index (χ1v) is 8.64. The fourth-order valence-electron chi connectivity index (χ4n) is 2.83. The van der Waals surface area contributed by atoms with Crippen molar-refractivity contribution in [3.05, 3.63) is 81.6 Å². The molecule has 2 aromatic carbocycles. The topological polar surface area (TPSA) is 34.4 Å². The Hall–Kier alpha value is -2.04. The number of hydrogen-bond donors (Lipinski definition) is 1. The minimum absolute atomic E-state index is 0.0635. The molecule has 0 saturated carbocycles. The second-order valence-corrected chi connectivity index (χ2v) is 6.71. The van der Waals surface area contributed by atoms with Crippen molar-refractivity contribution in [1.29, 1.82) is 0 Å². The van der Waals surface area contributed by atoms with E-state index >= 15 is 0 Å². The number of hydrogen-bond acceptors (Lipinski definition) is 2. The molecule has 0 spiro atoms. The van der Waals surface area contributed by atoms with E-state index in [9.17, 15) is 5.11 Å². The molecule has 0 aliphatic rings. The van der Waals surface area contributed by atoms with Crippen LogP contribution in [0, 0.1) is 13.8 Å². The predicted octanol–water partition coefficient (Wildman–Crippen LogP) is 4.93. The Balaban J connectivity index is 1.74. The van der Waals surface area contributed by atoms with E-state index in [2.05, 4.69) is 20.5 Å². The van der Waals surface area contributed by atoms with Crippen LogP contribution in [0.15, 0.2) is 59.1 Å². The molecule has 3 nitrogen and oxygen atoms in total. The lowest BCUT2D eigenvalue weighted by molar-refractivity contribution is 0.281. The van der Waals surface area contributed by atoms with Crippen LogP contribution in [0.25, 0.3) is 5.69 Å². The predicted molar refractivity (Wildman–Crippen MR) is 99.6 cm³/mol. The van der Waals surface area contributed by atoms with Gasteiger partial charge in [-0.2, -0.15) is 0 Å². The zero-order chi connectivity index (χ0) is 17.1. The highest BCUT2D eigenvalue weighted by Gasteiger charge is 2.09. The highest BCUT2D eigenvalue weighted by molar-refractivity contribution is 9.10.